The molecule has 1 N–H and O–H groups in total. The summed E-state index contributed by atoms with van der Waals surface area (Å²) >= 11 is 0. The van der Waals surface area contributed by atoms with E-state index in [2.05, 4.69) is 21.1 Å². The Balaban J connectivity index is 1.27. The molecule has 4 heterocycles. The highest BCUT2D eigenvalue weighted by Gasteiger charge is 2.29. The van der Waals surface area contributed by atoms with Gasteiger partial charge in [-0.3, -0.25) is 4.90 Å². The summed E-state index contributed by atoms with van der Waals surface area (Å²) in [4.78, 5) is 18.3. The molecule has 9 nitrogen and oxygen atoms in total. The number of benzene rings is 1. The first-order chi connectivity index (χ1) is 16.4. The maximum absolute atomic E-state index is 11.8. The number of hydrogen-bond acceptors (Lipinski definition) is 8. The first-order valence-corrected chi connectivity index (χ1v) is 11.2. The Hall–Kier alpha value is -3.58. The Labute approximate surface area is 197 Å². The minimum absolute atomic E-state index is 0.143. The minimum atomic E-state index is -0.723. The second-order valence-electron chi connectivity index (χ2n) is 8.70. The lowest BCUT2D eigenvalue weighted by molar-refractivity contribution is -0.0427. The number of carbonyl (C=O) groups is 1. The number of aliphatic hydroxyl groups is 1. The van der Waals surface area contributed by atoms with Gasteiger partial charge in [0.2, 0.25) is 0 Å². The van der Waals surface area contributed by atoms with Crippen LogP contribution in [0.25, 0.3) is 5.82 Å². The molecule has 0 aliphatic carbocycles. The number of ether oxygens (including phenoxy) is 2. The van der Waals surface area contributed by atoms with Gasteiger partial charge in [0.25, 0.3) is 0 Å². The summed E-state index contributed by atoms with van der Waals surface area (Å²) in [6.07, 6.45) is 4.06. The van der Waals surface area contributed by atoms with E-state index in [1.165, 1.54) is 6.20 Å². The first-order valence-electron chi connectivity index (χ1n) is 11.2. The number of aromatic nitrogens is 3. The summed E-state index contributed by atoms with van der Waals surface area (Å²) in [5, 5.41) is 24.3. The van der Waals surface area contributed by atoms with E-state index in [9.17, 15) is 9.90 Å². The molecule has 1 fully saturated rings. The van der Waals surface area contributed by atoms with Gasteiger partial charge in [-0.25, -0.2) is 14.5 Å². The highest BCUT2D eigenvalue weighted by atomic mass is 16.5. The van der Waals surface area contributed by atoms with E-state index in [1.807, 2.05) is 26.0 Å². The van der Waals surface area contributed by atoms with E-state index in [-0.39, 0.29) is 12.1 Å². The van der Waals surface area contributed by atoms with E-state index in [1.54, 1.807) is 23.1 Å². The number of esters is 1. The normalized spacial score (nSPS) is 18.9. The second kappa shape index (κ2) is 8.99. The van der Waals surface area contributed by atoms with Crippen molar-refractivity contribution >= 4 is 5.97 Å². The summed E-state index contributed by atoms with van der Waals surface area (Å²) < 4.78 is 12.8. The maximum atomic E-state index is 11.8. The topological polar surface area (TPSA) is 114 Å². The number of nitrogens with zero attached hydrogens (tertiary/aromatic N) is 5. The molecule has 0 bridgehead atoms. The highest BCUT2D eigenvalue weighted by Crippen LogP contribution is 2.32. The number of aryl methyl sites for hydroxylation is 1. The zero-order chi connectivity index (χ0) is 23.8. The van der Waals surface area contributed by atoms with Crippen LogP contribution in [-0.4, -0.2) is 57.0 Å². The van der Waals surface area contributed by atoms with Crippen molar-refractivity contribution in [1.82, 2.24) is 19.7 Å². The number of hydrogen-bond donors (Lipinski definition) is 1. The van der Waals surface area contributed by atoms with Crippen molar-refractivity contribution in [1.29, 1.82) is 5.26 Å². The van der Waals surface area contributed by atoms with Crippen LogP contribution in [0.5, 0.6) is 0 Å². The number of pyridine rings is 1. The lowest BCUT2D eigenvalue weighted by atomic mass is 9.94. The van der Waals surface area contributed by atoms with Crippen molar-refractivity contribution in [2.75, 3.05) is 26.2 Å². The third-order valence-corrected chi connectivity index (χ3v) is 6.58. The van der Waals surface area contributed by atoms with Gasteiger partial charge in [-0.2, -0.15) is 10.4 Å². The fourth-order valence-electron chi connectivity index (χ4n) is 4.54. The molecule has 9 heteroatoms. The molecule has 2 unspecified atom stereocenters. The number of nitriles is 1. The average molecular weight is 460 g/mol. The molecule has 0 saturated carbocycles. The number of rotatable bonds is 5. The molecule has 2 aliphatic rings. The maximum Gasteiger partial charge on any atom is 0.338 e. The second-order valence-corrected chi connectivity index (χ2v) is 8.70. The molecule has 5 rings (SSSR count). The van der Waals surface area contributed by atoms with Crippen molar-refractivity contribution in [2.45, 2.75) is 32.7 Å². The lowest BCUT2D eigenvalue weighted by Gasteiger charge is -2.35. The molecule has 3 aromatic rings. The lowest BCUT2D eigenvalue weighted by Crippen LogP contribution is -2.40. The van der Waals surface area contributed by atoms with Crippen LogP contribution in [0.2, 0.25) is 0 Å². The SMILES string of the molecule is Cc1cc(-n2cc(C(O)CN3CCOC(c4ccc5c(c4C)COC5=O)C3)cn2)ncc1C#N. The third kappa shape index (κ3) is 4.07. The predicted molar refractivity (Wildman–Crippen MR) is 121 cm³/mol. The third-order valence-electron chi connectivity index (χ3n) is 6.58. The molecular weight excluding hydrogens is 434 g/mol. The van der Waals surface area contributed by atoms with Crippen LogP contribution in [0.15, 0.2) is 36.8 Å². The zero-order valence-corrected chi connectivity index (χ0v) is 19.1. The minimum Gasteiger partial charge on any atom is -0.457 e. The fourth-order valence-corrected chi connectivity index (χ4v) is 4.54. The van der Waals surface area contributed by atoms with Gasteiger partial charge in [-0.15, -0.1) is 0 Å². The van der Waals surface area contributed by atoms with Crippen molar-refractivity contribution in [2.24, 2.45) is 0 Å². The van der Waals surface area contributed by atoms with Crippen LogP contribution < -0.4 is 0 Å². The van der Waals surface area contributed by atoms with E-state index in [4.69, 9.17) is 14.7 Å². The molecule has 2 aromatic heterocycles. The Morgan fingerprint density at radius 2 is 2.18 bits per heavy atom. The number of cyclic esters (lactones) is 1. The molecule has 1 aromatic carbocycles. The smallest absolute Gasteiger partial charge is 0.338 e. The van der Waals surface area contributed by atoms with Crippen LogP contribution in [0.1, 0.15) is 55.9 Å². The molecule has 1 saturated heterocycles. The zero-order valence-electron chi connectivity index (χ0n) is 19.1. The Kier molecular flexibility index (Phi) is 5.87. The summed E-state index contributed by atoms with van der Waals surface area (Å²) in [5.41, 5.74) is 5.68. The van der Waals surface area contributed by atoms with Gasteiger partial charge >= 0.3 is 5.97 Å². The highest BCUT2D eigenvalue weighted by molar-refractivity contribution is 5.93. The summed E-state index contributed by atoms with van der Waals surface area (Å²) in [6.45, 7) is 6.50. The predicted octanol–water partition coefficient (Wildman–Crippen LogP) is 2.53. The van der Waals surface area contributed by atoms with Crippen LogP contribution in [0.4, 0.5) is 0 Å². The van der Waals surface area contributed by atoms with Gasteiger partial charge in [0, 0.05) is 43.2 Å². The number of carbonyl (C=O) groups excluding carboxylic acids is 1. The molecular formula is C25H25N5O4. The molecule has 0 radical (unpaired) electrons. The Morgan fingerprint density at radius 3 is 2.97 bits per heavy atom. The molecule has 0 amide bonds. The first kappa shape index (κ1) is 22.2. The molecule has 34 heavy (non-hydrogen) atoms. The van der Waals surface area contributed by atoms with Crippen molar-refractivity contribution in [3.8, 4) is 11.9 Å². The van der Waals surface area contributed by atoms with Crippen molar-refractivity contribution in [3.05, 3.63) is 75.7 Å². The van der Waals surface area contributed by atoms with Gasteiger partial charge in [0.05, 0.1) is 36.1 Å². The van der Waals surface area contributed by atoms with E-state index in [0.717, 1.165) is 22.3 Å². The van der Waals surface area contributed by atoms with E-state index in [0.29, 0.717) is 55.4 Å². The fraction of sp³-hybridized carbons (Fsp3) is 0.360. The van der Waals surface area contributed by atoms with Gasteiger partial charge in [-0.05, 0) is 42.7 Å². The Bertz CT molecular complexity index is 1290. The van der Waals surface area contributed by atoms with Gasteiger partial charge < -0.3 is 14.6 Å². The summed E-state index contributed by atoms with van der Waals surface area (Å²) in [7, 11) is 0. The summed E-state index contributed by atoms with van der Waals surface area (Å²) in [6, 6.07) is 7.67. The quantitative estimate of drug-likeness (QED) is 0.579. The van der Waals surface area contributed by atoms with Gasteiger partial charge in [-0.1, -0.05) is 6.07 Å². The molecule has 0 spiro atoms. The largest absolute Gasteiger partial charge is 0.457 e. The van der Waals surface area contributed by atoms with Crippen molar-refractivity contribution in [3.63, 3.8) is 0 Å². The number of aliphatic hydroxyl groups excluding tert-OH is 1. The van der Waals surface area contributed by atoms with Gasteiger partial charge in [0.15, 0.2) is 5.82 Å². The number of β-amino-alcohol motifs (C(OH)–C–C–N with tert-alkyl or cyclic N) is 1. The van der Waals surface area contributed by atoms with Crippen LogP contribution in [0, 0.1) is 25.2 Å². The van der Waals surface area contributed by atoms with Gasteiger partial charge in [0.1, 0.15) is 12.7 Å². The standard InChI is InChI=1S/C25H25N5O4/c1-15-7-24(27-9-17(15)8-26)30-11-18(10-28-30)22(31)12-29-5-6-33-23(13-29)19-3-4-20-21(16(19)2)14-34-25(20)32/h3-4,7,9-11,22-23,31H,5-6,12-14H2,1-2H3. The molecule has 2 atom stereocenters. The van der Waals surface area contributed by atoms with Crippen LogP contribution in [-0.2, 0) is 16.1 Å². The van der Waals surface area contributed by atoms with Crippen LogP contribution in [0.3, 0.4) is 0 Å². The van der Waals surface area contributed by atoms with E-state index < -0.39 is 6.10 Å². The number of morpholine rings is 1. The van der Waals surface area contributed by atoms with Crippen LogP contribution >= 0.6 is 0 Å². The molecule has 174 valence electrons. The van der Waals surface area contributed by atoms with Crippen molar-refractivity contribution < 1.29 is 19.4 Å². The van der Waals surface area contributed by atoms with E-state index >= 15 is 0 Å². The number of fused-ring (bicyclic) bond motifs is 1. The Morgan fingerprint density at radius 1 is 1.32 bits per heavy atom. The average Bonchev–Trinajstić information content (AvgIpc) is 3.47. The monoisotopic (exact) mass is 459 g/mol. The molecule has 2 aliphatic heterocycles. The summed E-state index contributed by atoms with van der Waals surface area (Å²) in [5.74, 6) is 0.321.